The third kappa shape index (κ3) is 3.45. The first-order chi connectivity index (χ1) is 8.43. The maximum Gasteiger partial charge on any atom is 0.335 e. The predicted octanol–water partition coefficient (Wildman–Crippen LogP) is 3.26. The number of hydrogen-bond donors (Lipinski definition) is 0. The van der Waals surface area contributed by atoms with Crippen molar-refractivity contribution in [3.8, 4) is 5.75 Å². The lowest BCUT2D eigenvalue weighted by atomic mass is 9.99. The first-order valence-electron chi connectivity index (χ1n) is 6.08. The molecular formula is C13H19FO3S. The van der Waals surface area contributed by atoms with Crippen molar-refractivity contribution in [3.63, 3.8) is 0 Å². The molecule has 0 heterocycles. The van der Waals surface area contributed by atoms with Crippen LogP contribution in [0.5, 0.6) is 5.75 Å². The largest absolute Gasteiger partial charge is 0.495 e. The highest BCUT2D eigenvalue weighted by atomic mass is 32.3. The molecule has 0 N–H and O–H groups in total. The Hall–Kier alpha value is -1.10. The molecule has 0 fully saturated rings. The molecular weight excluding hydrogens is 255 g/mol. The standard InChI is InChI=1S/C13H19FO3S/c1-4-6-10-8-12(17-3)13(18(14,15)16)9-11(10)7-5-2/h8-9H,4-7H2,1-3H3. The molecule has 0 amide bonds. The second-order valence-electron chi connectivity index (χ2n) is 4.21. The third-order valence-corrected chi connectivity index (χ3v) is 3.63. The molecule has 0 saturated heterocycles. The molecule has 0 saturated carbocycles. The van der Waals surface area contributed by atoms with Gasteiger partial charge in [-0.25, -0.2) is 0 Å². The van der Waals surface area contributed by atoms with Gasteiger partial charge in [-0.15, -0.1) is 3.89 Å². The minimum Gasteiger partial charge on any atom is -0.495 e. The highest BCUT2D eigenvalue weighted by Crippen LogP contribution is 2.30. The molecule has 5 heteroatoms. The Balaban J connectivity index is 3.41. The van der Waals surface area contributed by atoms with Gasteiger partial charge in [0.25, 0.3) is 0 Å². The van der Waals surface area contributed by atoms with Crippen LogP contribution in [0.15, 0.2) is 17.0 Å². The maximum absolute atomic E-state index is 13.2. The molecule has 0 atom stereocenters. The number of benzene rings is 1. The molecule has 3 nitrogen and oxygen atoms in total. The van der Waals surface area contributed by atoms with Gasteiger partial charge in [-0.05, 0) is 36.1 Å². The summed E-state index contributed by atoms with van der Waals surface area (Å²) in [5, 5.41) is 0. The van der Waals surface area contributed by atoms with Crippen LogP contribution in [-0.4, -0.2) is 15.5 Å². The van der Waals surface area contributed by atoms with E-state index in [9.17, 15) is 12.3 Å². The fourth-order valence-corrected chi connectivity index (χ4v) is 2.66. The maximum atomic E-state index is 13.2. The minimum atomic E-state index is -4.74. The predicted molar refractivity (Wildman–Crippen MR) is 69.3 cm³/mol. The Labute approximate surface area is 108 Å². The molecule has 0 spiro atoms. The van der Waals surface area contributed by atoms with E-state index in [0.29, 0.717) is 0 Å². The fraction of sp³-hybridized carbons (Fsp3) is 0.538. The summed E-state index contributed by atoms with van der Waals surface area (Å²) in [5.74, 6) is 0.0841. The van der Waals surface area contributed by atoms with E-state index in [0.717, 1.165) is 36.8 Å². The van der Waals surface area contributed by atoms with Crippen LogP contribution < -0.4 is 4.74 Å². The molecule has 0 radical (unpaired) electrons. The lowest BCUT2D eigenvalue weighted by Crippen LogP contribution is -2.02. The minimum absolute atomic E-state index is 0.0841. The first kappa shape index (κ1) is 15.0. The van der Waals surface area contributed by atoms with Gasteiger partial charge in [-0.1, -0.05) is 26.7 Å². The van der Waals surface area contributed by atoms with Crippen molar-refractivity contribution in [1.29, 1.82) is 0 Å². The van der Waals surface area contributed by atoms with Gasteiger partial charge in [0.15, 0.2) is 0 Å². The molecule has 1 aromatic rings. The van der Waals surface area contributed by atoms with Gasteiger partial charge in [0, 0.05) is 0 Å². The number of halogens is 1. The van der Waals surface area contributed by atoms with Gasteiger partial charge < -0.3 is 4.74 Å². The molecule has 0 aliphatic carbocycles. The van der Waals surface area contributed by atoms with Crippen LogP contribution in [0.1, 0.15) is 37.8 Å². The van der Waals surface area contributed by atoms with E-state index in [1.807, 2.05) is 13.8 Å². The number of methoxy groups -OCH3 is 1. The van der Waals surface area contributed by atoms with Gasteiger partial charge in [0.1, 0.15) is 10.6 Å². The quantitative estimate of drug-likeness (QED) is 0.748. The first-order valence-corrected chi connectivity index (χ1v) is 7.46. The van der Waals surface area contributed by atoms with E-state index in [-0.39, 0.29) is 10.6 Å². The highest BCUT2D eigenvalue weighted by Gasteiger charge is 2.20. The number of rotatable bonds is 6. The van der Waals surface area contributed by atoms with Crippen molar-refractivity contribution in [2.45, 2.75) is 44.4 Å². The zero-order chi connectivity index (χ0) is 13.8. The number of hydrogen-bond acceptors (Lipinski definition) is 3. The lowest BCUT2D eigenvalue weighted by Gasteiger charge is -2.13. The summed E-state index contributed by atoms with van der Waals surface area (Å²) in [6.45, 7) is 4.05. The molecule has 1 aromatic carbocycles. The van der Waals surface area contributed by atoms with Crippen LogP contribution in [0.4, 0.5) is 3.89 Å². The summed E-state index contributed by atoms with van der Waals surface area (Å²) >= 11 is 0. The van der Waals surface area contributed by atoms with Crippen molar-refractivity contribution in [3.05, 3.63) is 23.3 Å². The molecule has 0 aromatic heterocycles. The Morgan fingerprint density at radius 1 is 1.11 bits per heavy atom. The Morgan fingerprint density at radius 2 is 1.61 bits per heavy atom. The summed E-state index contributed by atoms with van der Waals surface area (Å²) in [7, 11) is -3.40. The molecule has 0 unspecified atom stereocenters. The number of aryl methyl sites for hydroxylation is 2. The monoisotopic (exact) mass is 274 g/mol. The molecule has 0 aliphatic heterocycles. The summed E-state index contributed by atoms with van der Waals surface area (Å²) < 4.78 is 40.4. The van der Waals surface area contributed by atoms with Crippen LogP contribution in [-0.2, 0) is 23.1 Å². The van der Waals surface area contributed by atoms with E-state index in [4.69, 9.17) is 4.74 Å². The second kappa shape index (κ2) is 6.18. The van der Waals surface area contributed by atoms with Gasteiger partial charge in [-0.2, -0.15) is 8.42 Å². The van der Waals surface area contributed by atoms with Crippen LogP contribution in [0.2, 0.25) is 0 Å². The average molecular weight is 274 g/mol. The Bertz CT molecular complexity index is 509. The summed E-state index contributed by atoms with van der Waals surface area (Å²) in [6.07, 6.45) is 3.40. The Morgan fingerprint density at radius 3 is 2.00 bits per heavy atom. The van der Waals surface area contributed by atoms with Crippen LogP contribution >= 0.6 is 0 Å². The Kier molecular flexibility index (Phi) is 5.14. The second-order valence-corrected chi connectivity index (χ2v) is 5.53. The van der Waals surface area contributed by atoms with Gasteiger partial charge in [0.2, 0.25) is 0 Å². The summed E-state index contributed by atoms with van der Waals surface area (Å²) in [5.41, 5.74) is 1.92. The summed E-state index contributed by atoms with van der Waals surface area (Å²) in [4.78, 5) is -0.367. The highest BCUT2D eigenvalue weighted by molar-refractivity contribution is 7.86. The van der Waals surface area contributed by atoms with Crippen LogP contribution in [0.25, 0.3) is 0 Å². The van der Waals surface area contributed by atoms with Gasteiger partial charge in [-0.3, -0.25) is 0 Å². The van der Waals surface area contributed by atoms with E-state index in [2.05, 4.69) is 0 Å². The van der Waals surface area contributed by atoms with Crippen molar-refractivity contribution < 1.29 is 17.0 Å². The third-order valence-electron chi connectivity index (χ3n) is 2.79. The van der Waals surface area contributed by atoms with Crippen molar-refractivity contribution in [1.82, 2.24) is 0 Å². The molecule has 18 heavy (non-hydrogen) atoms. The van der Waals surface area contributed by atoms with E-state index >= 15 is 0 Å². The van der Waals surface area contributed by atoms with Crippen molar-refractivity contribution in [2.75, 3.05) is 7.11 Å². The molecule has 0 bridgehead atoms. The zero-order valence-electron chi connectivity index (χ0n) is 11.0. The average Bonchev–Trinajstić information content (AvgIpc) is 2.30. The van der Waals surface area contributed by atoms with Crippen molar-refractivity contribution in [2.24, 2.45) is 0 Å². The normalized spacial score (nSPS) is 11.6. The zero-order valence-corrected chi connectivity index (χ0v) is 11.8. The van der Waals surface area contributed by atoms with E-state index in [1.54, 1.807) is 6.07 Å². The van der Waals surface area contributed by atoms with Crippen molar-refractivity contribution >= 4 is 10.2 Å². The lowest BCUT2D eigenvalue weighted by molar-refractivity contribution is 0.400. The molecule has 102 valence electrons. The number of ether oxygens (including phenoxy) is 1. The van der Waals surface area contributed by atoms with E-state index in [1.165, 1.54) is 13.2 Å². The van der Waals surface area contributed by atoms with Crippen LogP contribution in [0, 0.1) is 0 Å². The SMILES string of the molecule is CCCc1cc(OC)c(S(=O)(=O)F)cc1CCC. The van der Waals surface area contributed by atoms with Gasteiger partial charge in [0.05, 0.1) is 7.11 Å². The topological polar surface area (TPSA) is 43.4 Å². The van der Waals surface area contributed by atoms with E-state index < -0.39 is 10.2 Å². The molecule has 0 aliphatic rings. The summed E-state index contributed by atoms with van der Waals surface area (Å²) in [6, 6.07) is 3.05. The smallest absolute Gasteiger partial charge is 0.335 e. The van der Waals surface area contributed by atoms with Crippen LogP contribution in [0.3, 0.4) is 0 Å². The fourth-order valence-electron chi connectivity index (χ4n) is 2.00. The van der Waals surface area contributed by atoms with Gasteiger partial charge >= 0.3 is 10.2 Å². The molecule has 1 rings (SSSR count).